The van der Waals surface area contributed by atoms with Crippen LogP contribution in [0.15, 0.2) is 48.5 Å². The summed E-state index contributed by atoms with van der Waals surface area (Å²) in [6.45, 7) is 19.0. The van der Waals surface area contributed by atoms with Crippen LogP contribution < -0.4 is 19.5 Å². The molecule has 3 aromatic carbocycles. The van der Waals surface area contributed by atoms with Crippen LogP contribution in [-0.2, 0) is 20.8 Å². The standard InChI is InChI=1S/C35H44O6P/c1-33(2,3)21-17-24(34(4,5)6)29(25(18-21)35(7,8)9)31(36)23-15-13-14-16-28(23)42(38)32(37)30-26(40-11)19-22(39-10)20-27(30)41-12/h13-20H,1-12H3. The Labute approximate surface area is 251 Å². The fourth-order valence-electron chi connectivity index (χ4n) is 4.91. The largest absolute Gasteiger partial charge is 0.496 e. The minimum Gasteiger partial charge on any atom is -0.496 e. The molecular weight excluding hydrogens is 547 g/mol. The van der Waals surface area contributed by atoms with Crippen molar-refractivity contribution in [1.29, 1.82) is 0 Å². The summed E-state index contributed by atoms with van der Waals surface area (Å²) in [5.74, 6) is 0.511. The molecule has 0 aliphatic rings. The lowest BCUT2D eigenvalue weighted by Gasteiger charge is -2.33. The van der Waals surface area contributed by atoms with E-state index in [0.29, 0.717) is 11.3 Å². The number of benzene rings is 3. The van der Waals surface area contributed by atoms with Crippen LogP contribution in [0.4, 0.5) is 0 Å². The first-order valence-corrected chi connectivity index (χ1v) is 15.3. The molecule has 0 amide bonds. The molecule has 0 aromatic heterocycles. The number of hydrogen-bond donors (Lipinski definition) is 0. The molecule has 225 valence electrons. The molecule has 42 heavy (non-hydrogen) atoms. The molecule has 0 saturated carbocycles. The smallest absolute Gasteiger partial charge is 0.254 e. The van der Waals surface area contributed by atoms with E-state index in [2.05, 4.69) is 74.4 Å². The zero-order valence-electron chi connectivity index (χ0n) is 27.0. The summed E-state index contributed by atoms with van der Waals surface area (Å²) in [6.07, 6.45) is 0. The number of methoxy groups -OCH3 is 3. The van der Waals surface area contributed by atoms with E-state index in [1.807, 2.05) is 0 Å². The van der Waals surface area contributed by atoms with Gasteiger partial charge in [-0.15, -0.1) is 0 Å². The van der Waals surface area contributed by atoms with Crippen molar-refractivity contribution in [3.05, 3.63) is 81.9 Å². The zero-order chi connectivity index (χ0) is 31.8. The normalized spacial score (nSPS) is 12.5. The lowest BCUT2D eigenvalue weighted by atomic mass is 9.71. The molecule has 1 radical (unpaired) electrons. The Balaban J connectivity index is 2.30. The fourth-order valence-corrected chi connectivity index (χ4v) is 6.17. The number of carbonyl (C=O) groups excluding carboxylic acids is 2. The maximum absolute atomic E-state index is 14.7. The molecule has 0 fully saturated rings. The van der Waals surface area contributed by atoms with Gasteiger partial charge < -0.3 is 14.2 Å². The van der Waals surface area contributed by atoms with Crippen LogP contribution in [-0.4, -0.2) is 32.6 Å². The highest BCUT2D eigenvalue weighted by molar-refractivity contribution is 7.71. The van der Waals surface area contributed by atoms with Gasteiger partial charge in [-0.05, 0) is 45.1 Å². The van der Waals surface area contributed by atoms with Crippen molar-refractivity contribution in [2.75, 3.05) is 21.3 Å². The third kappa shape index (κ3) is 6.60. The second-order valence-electron chi connectivity index (χ2n) is 13.5. The summed E-state index contributed by atoms with van der Waals surface area (Å²) in [7, 11) is 1.60. The van der Waals surface area contributed by atoms with E-state index in [0.717, 1.165) is 16.7 Å². The van der Waals surface area contributed by atoms with Gasteiger partial charge in [0.15, 0.2) is 13.6 Å². The Morgan fingerprint density at radius 1 is 0.643 bits per heavy atom. The van der Waals surface area contributed by atoms with E-state index in [1.54, 1.807) is 24.3 Å². The first kappa shape index (κ1) is 33.0. The topological polar surface area (TPSA) is 78.9 Å². The first-order chi connectivity index (χ1) is 19.4. The van der Waals surface area contributed by atoms with Crippen molar-refractivity contribution < 1.29 is 28.4 Å². The number of ether oxygens (including phenoxy) is 3. The van der Waals surface area contributed by atoms with Crippen LogP contribution in [0.1, 0.15) is 105 Å². The van der Waals surface area contributed by atoms with Crippen LogP contribution in [0.5, 0.6) is 17.2 Å². The van der Waals surface area contributed by atoms with Gasteiger partial charge in [0.25, 0.3) is 5.52 Å². The molecule has 0 bridgehead atoms. The summed E-state index contributed by atoms with van der Waals surface area (Å²) in [4.78, 5) is 28.5. The third-order valence-electron chi connectivity index (χ3n) is 7.33. The van der Waals surface area contributed by atoms with Gasteiger partial charge in [0.05, 0.1) is 26.6 Å². The highest BCUT2D eigenvalue weighted by Gasteiger charge is 2.35. The van der Waals surface area contributed by atoms with E-state index >= 15 is 0 Å². The monoisotopic (exact) mass is 591 g/mol. The number of ketones is 1. The molecule has 3 rings (SSSR count). The Kier molecular flexibility index (Phi) is 9.44. The fraction of sp³-hybridized carbons (Fsp3) is 0.429. The molecular formula is C35H44O6P. The van der Waals surface area contributed by atoms with E-state index in [9.17, 15) is 14.2 Å². The minimum atomic E-state index is -2.73. The third-order valence-corrected chi connectivity index (χ3v) is 8.75. The van der Waals surface area contributed by atoms with Crippen molar-refractivity contribution in [1.82, 2.24) is 0 Å². The van der Waals surface area contributed by atoms with Crippen molar-refractivity contribution in [3.8, 4) is 17.2 Å². The first-order valence-electron chi connectivity index (χ1n) is 14.0. The molecule has 1 atom stereocenters. The quantitative estimate of drug-likeness (QED) is 0.194. The highest BCUT2D eigenvalue weighted by atomic mass is 31.1. The second kappa shape index (κ2) is 12.0. The van der Waals surface area contributed by atoms with Crippen LogP contribution in [0.3, 0.4) is 0 Å². The van der Waals surface area contributed by atoms with Crippen molar-refractivity contribution in [2.24, 2.45) is 0 Å². The van der Waals surface area contributed by atoms with E-state index in [1.165, 1.54) is 33.5 Å². The van der Waals surface area contributed by atoms with E-state index in [-0.39, 0.29) is 50.0 Å². The summed E-state index contributed by atoms with van der Waals surface area (Å²) < 4.78 is 30.2. The molecule has 6 nitrogen and oxygen atoms in total. The van der Waals surface area contributed by atoms with Crippen LogP contribution >= 0.6 is 7.80 Å². The molecule has 7 heteroatoms. The molecule has 0 aliphatic carbocycles. The van der Waals surface area contributed by atoms with Gasteiger partial charge in [-0.3, -0.25) is 14.2 Å². The van der Waals surface area contributed by atoms with Gasteiger partial charge in [-0.2, -0.15) is 0 Å². The number of rotatable bonds is 8. The van der Waals surface area contributed by atoms with Crippen LogP contribution in [0.25, 0.3) is 0 Å². The Morgan fingerprint density at radius 2 is 1.12 bits per heavy atom. The lowest BCUT2D eigenvalue weighted by Crippen LogP contribution is -2.28. The van der Waals surface area contributed by atoms with Crippen molar-refractivity contribution >= 4 is 24.4 Å². The SMILES string of the molecule is COc1cc(OC)c(C(=O)[P](=O)c2ccccc2C(=O)c2c(C(C)(C)C)cc(C(C)(C)C)cc2C(C)(C)C)c(OC)c1. The Morgan fingerprint density at radius 3 is 1.52 bits per heavy atom. The summed E-state index contributed by atoms with van der Waals surface area (Å²) in [5.41, 5.74) is 2.28. The van der Waals surface area contributed by atoms with Gasteiger partial charge in [0.1, 0.15) is 22.8 Å². The molecule has 0 heterocycles. The predicted octanol–water partition coefficient (Wildman–Crippen LogP) is 8.13. The lowest BCUT2D eigenvalue weighted by molar-refractivity contribution is 0.103. The van der Waals surface area contributed by atoms with Gasteiger partial charge in [0, 0.05) is 23.3 Å². The number of hydrogen-bond acceptors (Lipinski definition) is 6. The number of carbonyl (C=O) groups is 2. The molecule has 0 aliphatic heterocycles. The van der Waals surface area contributed by atoms with Gasteiger partial charge >= 0.3 is 0 Å². The average Bonchev–Trinajstić information content (AvgIpc) is 2.92. The van der Waals surface area contributed by atoms with E-state index in [4.69, 9.17) is 14.2 Å². The Bertz CT molecular complexity index is 1470. The summed E-state index contributed by atoms with van der Waals surface area (Å²) >= 11 is 0. The minimum absolute atomic E-state index is 0.0319. The molecule has 0 N–H and O–H groups in total. The summed E-state index contributed by atoms with van der Waals surface area (Å²) in [5, 5.41) is 0.169. The predicted molar refractivity (Wildman–Crippen MR) is 170 cm³/mol. The summed E-state index contributed by atoms with van der Waals surface area (Å²) in [6, 6.07) is 14.0. The molecule has 3 aromatic rings. The van der Waals surface area contributed by atoms with Crippen molar-refractivity contribution in [2.45, 2.75) is 78.6 Å². The van der Waals surface area contributed by atoms with Crippen LogP contribution in [0.2, 0.25) is 0 Å². The molecule has 0 saturated heterocycles. The second-order valence-corrected chi connectivity index (χ2v) is 15.0. The highest BCUT2D eigenvalue weighted by Crippen LogP contribution is 2.42. The van der Waals surface area contributed by atoms with Gasteiger partial charge in [-0.25, -0.2) is 0 Å². The molecule has 1 unspecified atom stereocenters. The maximum Gasteiger partial charge on any atom is 0.254 e. The van der Waals surface area contributed by atoms with Gasteiger partial charge in [0.2, 0.25) is 0 Å². The molecule has 0 spiro atoms. The van der Waals surface area contributed by atoms with Crippen LogP contribution in [0, 0.1) is 0 Å². The Hall–Kier alpha value is -3.50. The maximum atomic E-state index is 14.7. The zero-order valence-corrected chi connectivity index (χ0v) is 27.9. The van der Waals surface area contributed by atoms with E-state index < -0.39 is 13.3 Å². The van der Waals surface area contributed by atoms with Crippen molar-refractivity contribution in [3.63, 3.8) is 0 Å². The average molecular weight is 592 g/mol. The van der Waals surface area contributed by atoms with Gasteiger partial charge in [-0.1, -0.05) is 86.6 Å².